The highest BCUT2D eigenvalue weighted by Gasteiger charge is 2.34. The third-order valence-corrected chi connectivity index (χ3v) is 5.19. The number of nitrogens with zero attached hydrogens (tertiary/aromatic N) is 1. The summed E-state index contributed by atoms with van der Waals surface area (Å²) in [4.78, 5) is 4.73. The van der Waals surface area contributed by atoms with Crippen LogP contribution in [0.3, 0.4) is 0 Å². The number of hydrogen-bond acceptors (Lipinski definition) is 2. The highest BCUT2D eigenvalue weighted by molar-refractivity contribution is 6.14. The zero-order valence-corrected chi connectivity index (χ0v) is 13.5. The van der Waals surface area contributed by atoms with E-state index in [4.69, 9.17) is 9.40 Å². The molecule has 5 rings (SSSR count). The van der Waals surface area contributed by atoms with Crippen molar-refractivity contribution in [2.24, 2.45) is 0 Å². The van der Waals surface area contributed by atoms with Crippen LogP contribution in [0.2, 0.25) is 0 Å². The molecule has 0 bridgehead atoms. The summed E-state index contributed by atoms with van der Waals surface area (Å²) < 4.78 is 6.10. The van der Waals surface area contributed by atoms with E-state index in [-0.39, 0.29) is 5.41 Å². The first kappa shape index (κ1) is 12.9. The van der Waals surface area contributed by atoms with Crippen LogP contribution in [-0.2, 0) is 5.41 Å². The van der Waals surface area contributed by atoms with Crippen LogP contribution < -0.4 is 0 Å². The number of rotatable bonds is 0. The molecule has 0 aliphatic heterocycles. The number of furan rings is 1. The predicted octanol–water partition coefficient (Wildman–Crippen LogP) is 5.60. The summed E-state index contributed by atoms with van der Waals surface area (Å²) >= 11 is 0. The number of fused-ring (bicyclic) bond motifs is 2. The van der Waals surface area contributed by atoms with Crippen molar-refractivity contribution in [3.05, 3.63) is 65.4 Å². The van der Waals surface area contributed by atoms with E-state index < -0.39 is 0 Å². The summed E-state index contributed by atoms with van der Waals surface area (Å²) in [7, 11) is 0. The minimum absolute atomic E-state index is 0.0988. The van der Waals surface area contributed by atoms with E-state index in [1.54, 1.807) is 0 Å². The number of aromatic nitrogens is 1. The van der Waals surface area contributed by atoms with Crippen LogP contribution in [0.4, 0.5) is 0 Å². The summed E-state index contributed by atoms with van der Waals surface area (Å²) in [6.45, 7) is 6.74. The maximum atomic E-state index is 6.10. The molecule has 4 aromatic rings. The molecule has 23 heavy (non-hydrogen) atoms. The van der Waals surface area contributed by atoms with Gasteiger partial charge in [0.15, 0.2) is 0 Å². The molecule has 0 atom stereocenters. The Bertz CT molecular complexity index is 1100. The Morgan fingerprint density at radius 3 is 2.61 bits per heavy atom. The molecule has 112 valence electrons. The molecular formula is C21H17NO. The summed E-state index contributed by atoms with van der Waals surface area (Å²) in [5, 5.41) is 2.36. The quantitative estimate of drug-likeness (QED) is 0.422. The van der Waals surface area contributed by atoms with E-state index in [0.717, 1.165) is 22.2 Å². The zero-order valence-electron chi connectivity index (χ0n) is 13.5. The lowest BCUT2D eigenvalue weighted by atomic mass is 9.75. The summed E-state index contributed by atoms with van der Waals surface area (Å²) in [5.74, 6) is 0. The molecule has 2 nitrogen and oxygen atoms in total. The predicted molar refractivity (Wildman–Crippen MR) is 93.8 cm³/mol. The van der Waals surface area contributed by atoms with Gasteiger partial charge in [0, 0.05) is 22.6 Å². The van der Waals surface area contributed by atoms with Gasteiger partial charge in [0.2, 0.25) is 0 Å². The smallest absolute Gasteiger partial charge is 0.139 e. The summed E-state index contributed by atoms with van der Waals surface area (Å²) in [6, 6.07) is 15.0. The van der Waals surface area contributed by atoms with Crippen LogP contribution in [-0.4, -0.2) is 4.98 Å². The highest BCUT2D eigenvalue weighted by Crippen LogP contribution is 2.48. The van der Waals surface area contributed by atoms with Crippen LogP contribution in [0.15, 0.2) is 53.1 Å². The molecule has 2 aromatic heterocycles. The fraction of sp³-hybridized carbons (Fsp3) is 0.190. The minimum atomic E-state index is -0.0988. The average Bonchev–Trinajstić information content (AvgIpc) is 2.89. The van der Waals surface area contributed by atoms with Crippen molar-refractivity contribution in [1.82, 2.24) is 4.98 Å². The number of benzene rings is 2. The zero-order chi connectivity index (χ0) is 15.8. The van der Waals surface area contributed by atoms with Gasteiger partial charge in [-0.05, 0) is 30.2 Å². The molecule has 0 spiro atoms. The van der Waals surface area contributed by atoms with E-state index in [1.807, 2.05) is 12.3 Å². The first-order chi connectivity index (χ1) is 11.1. The Hall–Kier alpha value is -2.61. The van der Waals surface area contributed by atoms with Crippen LogP contribution in [0, 0.1) is 6.92 Å². The Kier molecular flexibility index (Phi) is 2.25. The van der Waals surface area contributed by atoms with Crippen molar-refractivity contribution in [1.29, 1.82) is 0 Å². The van der Waals surface area contributed by atoms with Gasteiger partial charge < -0.3 is 4.42 Å². The van der Waals surface area contributed by atoms with Gasteiger partial charge in [0.1, 0.15) is 11.2 Å². The van der Waals surface area contributed by atoms with Gasteiger partial charge >= 0.3 is 0 Å². The topological polar surface area (TPSA) is 26.0 Å². The Balaban J connectivity index is 2.12. The van der Waals surface area contributed by atoms with Crippen LogP contribution in [0.25, 0.3) is 33.2 Å². The van der Waals surface area contributed by atoms with E-state index in [0.29, 0.717) is 0 Å². The molecule has 0 N–H and O–H groups in total. The van der Waals surface area contributed by atoms with Gasteiger partial charge in [0.05, 0.1) is 11.1 Å². The molecule has 0 amide bonds. The lowest BCUT2D eigenvalue weighted by Gasteiger charge is -2.28. The fourth-order valence-electron chi connectivity index (χ4n) is 4.02. The van der Waals surface area contributed by atoms with Crippen molar-refractivity contribution in [2.45, 2.75) is 26.2 Å². The summed E-state index contributed by atoms with van der Waals surface area (Å²) in [6.07, 6.45) is 1.85. The number of hydrogen-bond donors (Lipinski definition) is 0. The van der Waals surface area contributed by atoms with Gasteiger partial charge in [0.25, 0.3) is 0 Å². The molecule has 0 fully saturated rings. The van der Waals surface area contributed by atoms with Gasteiger partial charge in [-0.2, -0.15) is 0 Å². The largest absolute Gasteiger partial charge is 0.456 e. The molecule has 2 aromatic carbocycles. The van der Waals surface area contributed by atoms with Gasteiger partial charge in [-0.3, -0.25) is 4.98 Å². The van der Waals surface area contributed by atoms with Gasteiger partial charge in [-0.1, -0.05) is 49.7 Å². The highest BCUT2D eigenvalue weighted by atomic mass is 16.3. The lowest BCUT2D eigenvalue weighted by molar-refractivity contribution is 0.642. The molecule has 2 heteroatoms. The maximum absolute atomic E-state index is 6.10. The van der Waals surface area contributed by atoms with Crippen LogP contribution in [0.1, 0.15) is 30.5 Å². The molecule has 1 aliphatic carbocycles. The molecular weight excluding hydrogens is 282 g/mol. The first-order valence-electron chi connectivity index (χ1n) is 7.99. The minimum Gasteiger partial charge on any atom is -0.456 e. The number of pyridine rings is 1. The van der Waals surface area contributed by atoms with Crippen molar-refractivity contribution in [3.63, 3.8) is 0 Å². The molecule has 2 heterocycles. The van der Waals surface area contributed by atoms with E-state index >= 15 is 0 Å². The van der Waals surface area contributed by atoms with Crippen LogP contribution >= 0.6 is 0 Å². The SMILES string of the molecule is Cc1ccc2c(c1)C(C)(C)c1cccc3oc4ccnc-2c4c13. The normalized spacial score (nSPS) is 15.1. The third kappa shape index (κ3) is 1.51. The maximum Gasteiger partial charge on any atom is 0.139 e. The Morgan fingerprint density at radius 1 is 0.913 bits per heavy atom. The van der Waals surface area contributed by atoms with Gasteiger partial charge in [-0.15, -0.1) is 0 Å². The van der Waals surface area contributed by atoms with Gasteiger partial charge in [-0.25, -0.2) is 0 Å². The monoisotopic (exact) mass is 299 g/mol. The second kappa shape index (κ2) is 4.02. The van der Waals surface area contributed by atoms with Crippen LogP contribution in [0.5, 0.6) is 0 Å². The second-order valence-corrected chi connectivity index (χ2v) is 6.99. The van der Waals surface area contributed by atoms with E-state index in [9.17, 15) is 0 Å². The van der Waals surface area contributed by atoms with E-state index in [2.05, 4.69) is 57.2 Å². The van der Waals surface area contributed by atoms with Crippen molar-refractivity contribution in [2.75, 3.05) is 0 Å². The van der Waals surface area contributed by atoms with Crippen molar-refractivity contribution >= 4 is 21.9 Å². The standard InChI is InChI=1S/C21H17NO/c1-12-7-8-13-15(11-12)21(2,3)14-5-4-6-16-18(14)19-17(23-16)9-10-22-20(13)19/h4-11H,1-3H3. The Morgan fingerprint density at radius 2 is 1.74 bits per heavy atom. The number of aryl methyl sites for hydroxylation is 1. The van der Waals surface area contributed by atoms with Crippen molar-refractivity contribution < 1.29 is 4.42 Å². The third-order valence-electron chi connectivity index (χ3n) is 5.19. The molecule has 0 saturated heterocycles. The molecule has 0 radical (unpaired) electrons. The second-order valence-electron chi connectivity index (χ2n) is 6.99. The van der Waals surface area contributed by atoms with E-state index in [1.165, 1.54) is 27.6 Å². The first-order valence-corrected chi connectivity index (χ1v) is 7.99. The molecule has 0 saturated carbocycles. The molecule has 0 unspecified atom stereocenters. The molecule has 1 aliphatic rings. The Labute approximate surface area is 134 Å². The lowest BCUT2D eigenvalue weighted by Crippen LogP contribution is -2.19. The summed E-state index contributed by atoms with van der Waals surface area (Å²) in [5.41, 5.74) is 7.94. The average molecular weight is 299 g/mol. The fourth-order valence-corrected chi connectivity index (χ4v) is 4.02. The van der Waals surface area contributed by atoms with Crippen molar-refractivity contribution in [3.8, 4) is 11.3 Å².